The SMILES string of the molecule is CC(=Nc1nc(N[C@H](C)C2CC2)nc(-c2ccc(Cl)cc2)n1)C1CC1. The first-order valence-corrected chi connectivity index (χ1v) is 9.30. The number of nitrogens with zero attached hydrogens (tertiary/aromatic N) is 4. The Bertz CT molecular complexity index is 794. The normalized spacial score (nSPS) is 18.9. The van der Waals surface area contributed by atoms with Crippen molar-refractivity contribution in [2.75, 3.05) is 5.32 Å². The minimum absolute atomic E-state index is 0.363. The molecule has 6 heteroatoms. The molecule has 0 bridgehead atoms. The van der Waals surface area contributed by atoms with Crippen LogP contribution in [0.3, 0.4) is 0 Å². The van der Waals surface area contributed by atoms with Crippen molar-refractivity contribution in [2.24, 2.45) is 16.8 Å². The van der Waals surface area contributed by atoms with Gasteiger partial charge in [0, 0.05) is 22.3 Å². The Labute approximate surface area is 153 Å². The Balaban J connectivity index is 1.68. The number of hydrogen-bond acceptors (Lipinski definition) is 5. The van der Waals surface area contributed by atoms with Crippen LogP contribution in [0.2, 0.25) is 5.02 Å². The number of nitrogens with one attached hydrogen (secondary N) is 1. The van der Waals surface area contributed by atoms with Crippen LogP contribution in [0.25, 0.3) is 11.4 Å². The van der Waals surface area contributed by atoms with Gasteiger partial charge in [-0.3, -0.25) is 0 Å². The van der Waals surface area contributed by atoms with E-state index in [1.807, 2.05) is 24.3 Å². The topological polar surface area (TPSA) is 63.1 Å². The number of halogens is 1. The minimum atomic E-state index is 0.363. The molecule has 25 heavy (non-hydrogen) atoms. The van der Waals surface area contributed by atoms with Crippen molar-refractivity contribution in [3.63, 3.8) is 0 Å². The van der Waals surface area contributed by atoms with Crippen molar-refractivity contribution in [3.05, 3.63) is 29.3 Å². The van der Waals surface area contributed by atoms with Crippen LogP contribution >= 0.6 is 11.6 Å². The monoisotopic (exact) mass is 355 g/mol. The minimum Gasteiger partial charge on any atom is -0.351 e. The van der Waals surface area contributed by atoms with Gasteiger partial charge in [-0.15, -0.1) is 0 Å². The first kappa shape index (κ1) is 16.5. The molecule has 1 aromatic carbocycles. The molecule has 2 aliphatic rings. The highest BCUT2D eigenvalue weighted by atomic mass is 35.5. The van der Waals surface area contributed by atoms with E-state index in [1.165, 1.54) is 25.7 Å². The Hall–Kier alpha value is -2.01. The van der Waals surface area contributed by atoms with E-state index >= 15 is 0 Å². The molecule has 1 heterocycles. The van der Waals surface area contributed by atoms with E-state index in [0.717, 1.165) is 17.2 Å². The second kappa shape index (κ2) is 6.71. The fraction of sp³-hybridized carbons (Fsp3) is 0.474. The summed E-state index contributed by atoms with van der Waals surface area (Å²) < 4.78 is 0. The van der Waals surface area contributed by atoms with Crippen LogP contribution in [0.15, 0.2) is 29.3 Å². The summed E-state index contributed by atoms with van der Waals surface area (Å²) >= 11 is 6.00. The van der Waals surface area contributed by atoms with Crippen LogP contribution in [0.1, 0.15) is 39.5 Å². The maximum absolute atomic E-state index is 6.00. The van der Waals surface area contributed by atoms with E-state index in [0.29, 0.717) is 34.7 Å². The van der Waals surface area contributed by atoms with Crippen molar-refractivity contribution < 1.29 is 0 Å². The van der Waals surface area contributed by atoms with Crippen LogP contribution in [0.5, 0.6) is 0 Å². The molecule has 130 valence electrons. The zero-order valence-electron chi connectivity index (χ0n) is 14.5. The highest BCUT2D eigenvalue weighted by molar-refractivity contribution is 6.30. The van der Waals surface area contributed by atoms with Crippen molar-refractivity contribution in [1.29, 1.82) is 0 Å². The third-order valence-electron chi connectivity index (χ3n) is 4.86. The van der Waals surface area contributed by atoms with Gasteiger partial charge in [-0.25, -0.2) is 4.99 Å². The second-order valence-corrected chi connectivity index (χ2v) is 7.52. The molecule has 4 rings (SSSR count). The van der Waals surface area contributed by atoms with Crippen LogP contribution in [0.4, 0.5) is 11.9 Å². The first-order valence-electron chi connectivity index (χ1n) is 8.92. The highest BCUT2D eigenvalue weighted by Gasteiger charge is 2.29. The van der Waals surface area contributed by atoms with Gasteiger partial charge >= 0.3 is 0 Å². The summed E-state index contributed by atoms with van der Waals surface area (Å²) in [5.41, 5.74) is 2.02. The Morgan fingerprint density at radius 3 is 2.48 bits per heavy atom. The molecule has 0 aliphatic heterocycles. The Kier molecular flexibility index (Phi) is 4.42. The molecular formula is C19H22ClN5. The van der Waals surface area contributed by atoms with E-state index in [1.54, 1.807) is 0 Å². The van der Waals surface area contributed by atoms with Gasteiger partial charge in [-0.05, 0) is 75.6 Å². The van der Waals surface area contributed by atoms with Crippen molar-refractivity contribution in [3.8, 4) is 11.4 Å². The number of aliphatic imine (C=N–C) groups is 1. The predicted molar refractivity (Wildman–Crippen MR) is 102 cm³/mol. The Morgan fingerprint density at radius 1 is 1.12 bits per heavy atom. The lowest BCUT2D eigenvalue weighted by Crippen LogP contribution is -2.19. The van der Waals surface area contributed by atoms with Gasteiger partial charge in [0.15, 0.2) is 5.82 Å². The summed E-state index contributed by atoms with van der Waals surface area (Å²) in [6.07, 6.45) is 4.98. The van der Waals surface area contributed by atoms with Gasteiger partial charge in [0.05, 0.1) is 0 Å². The van der Waals surface area contributed by atoms with E-state index in [2.05, 4.69) is 39.1 Å². The number of rotatable bonds is 6. The van der Waals surface area contributed by atoms with E-state index < -0.39 is 0 Å². The maximum Gasteiger partial charge on any atom is 0.254 e. The van der Waals surface area contributed by atoms with Crippen molar-refractivity contribution in [1.82, 2.24) is 15.0 Å². The predicted octanol–water partition coefficient (Wildman–Crippen LogP) is 4.90. The lowest BCUT2D eigenvalue weighted by Gasteiger charge is -2.13. The molecule has 2 fully saturated rings. The van der Waals surface area contributed by atoms with E-state index in [-0.39, 0.29) is 0 Å². The summed E-state index contributed by atoms with van der Waals surface area (Å²) in [5.74, 6) is 3.02. The average molecular weight is 356 g/mol. The second-order valence-electron chi connectivity index (χ2n) is 7.09. The summed E-state index contributed by atoms with van der Waals surface area (Å²) in [6.45, 7) is 4.24. The number of aromatic nitrogens is 3. The third kappa shape index (κ3) is 4.15. The average Bonchev–Trinajstić information content (AvgIpc) is 3.48. The van der Waals surface area contributed by atoms with Crippen LogP contribution < -0.4 is 5.32 Å². The molecule has 0 unspecified atom stereocenters. The summed E-state index contributed by atoms with van der Waals surface area (Å²) in [6, 6.07) is 7.90. The molecule has 0 amide bonds. The lowest BCUT2D eigenvalue weighted by molar-refractivity contribution is 0.685. The van der Waals surface area contributed by atoms with E-state index in [4.69, 9.17) is 11.6 Å². The molecule has 0 radical (unpaired) electrons. The largest absolute Gasteiger partial charge is 0.351 e. The smallest absolute Gasteiger partial charge is 0.254 e. The molecule has 1 aromatic heterocycles. The Morgan fingerprint density at radius 2 is 1.84 bits per heavy atom. The maximum atomic E-state index is 6.00. The molecule has 2 saturated carbocycles. The fourth-order valence-corrected chi connectivity index (χ4v) is 3.00. The lowest BCUT2D eigenvalue weighted by atomic mass is 10.2. The number of anilines is 1. The van der Waals surface area contributed by atoms with Gasteiger partial charge in [-0.2, -0.15) is 15.0 Å². The van der Waals surface area contributed by atoms with Crippen molar-refractivity contribution in [2.45, 2.75) is 45.6 Å². The third-order valence-corrected chi connectivity index (χ3v) is 5.11. The molecule has 2 aromatic rings. The van der Waals surface area contributed by atoms with Crippen LogP contribution in [-0.2, 0) is 0 Å². The molecule has 0 saturated heterocycles. The van der Waals surface area contributed by atoms with Gasteiger partial charge in [0.1, 0.15) is 0 Å². The number of benzene rings is 1. The van der Waals surface area contributed by atoms with E-state index in [9.17, 15) is 0 Å². The van der Waals surface area contributed by atoms with Crippen LogP contribution in [-0.4, -0.2) is 26.7 Å². The fourth-order valence-electron chi connectivity index (χ4n) is 2.88. The molecule has 0 spiro atoms. The summed E-state index contributed by atoms with van der Waals surface area (Å²) in [7, 11) is 0. The molecule has 1 N–H and O–H groups in total. The van der Waals surface area contributed by atoms with Gasteiger partial charge in [0.2, 0.25) is 5.95 Å². The molecule has 2 aliphatic carbocycles. The highest BCUT2D eigenvalue weighted by Crippen LogP contribution is 2.34. The van der Waals surface area contributed by atoms with Gasteiger partial charge in [0.25, 0.3) is 5.95 Å². The first-order chi connectivity index (χ1) is 12.1. The zero-order valence-corrected chi connectivity index (χ0v) is 15.3. The molecule has 1 atom stereocenters. The summed E-state index contributed by atoms with van der Waals surface area (Å²) in [4.78, 5) is 18.3. The van der Waals surface area contributed by atoms with Crippen molar-refractivity contribution >= 4 is 29.2 Å². The molecule has 5 nitrogen and oxygen atoms in total. The molecular weight excluding hydrogens is 334 g/mol. The standard InChI is InChI=1S/C19H22ClN5/c1-11(13-3-4-13)21-18-23-17(15-7-9-16(20)10-8-15)24-19(25-18)22-12(2)14-5-6-14/h7-11,13-14H,3-6H2,1-2H3,(H,21,23,24,25)/t11-/m1/s1. The summed E-state index contributed by atoms with van der Waals surface area (Å²) in [5, 5.41) is 4.12. The number of hydrogen-bond donors (Lipinski definition) is 1. The van der Waals surface area contributed by atoms with Crippen LogP contribution in [0, 0.1) is 11.8 Å². The van der Waals surface area contributed by atoms with Gasteiger partial charge in [-0.1, -0.05) is 11.6 Å². The van der Waals surface area contributed by atoms with Gasteiger partial charge < -0.3 is 5.32 Å². The quantitative estimate of drug-likeness (QED) is 0.748. The zero-order chi connectivity index (χ0) is 17.4.